The van der Waals surface area contributed by atoms with Crippen molar-refractivity contribution in [3.63, 3.8) is 0 Å². The van der Waals surface area contributed by atoms with Crippen LogP contribution in [0.2, 0.25) is 0 Å². The molecule has 0 saturated carbocycles. The van der Waals surface area contributed by atoms with Crippen LogP contribution in [0.25, 0.3) is 0 Å². The zero-order valence-corrected chi connectivity index (χ0v) is 12.1. The van der Waals surface area contributed by atoms with Crippen molar-refractivity contribution in [3.05, 3.63) is 60.7 Å². The van der Waals surface area contributed by atoms with Crippen molar-refractivity contribution in [2.24, 2.45) is 0 Å². The number of hydrogen-bond donors (Lipinski definition) is 1. The van der Waals surface area contributed by atoms with Crippen LogP contribution in [-0.4, -0.2) is 31.8 Å². The minimum atomic E-state index is -3.66. The highest BCUT2D eigenvalue weighted by atomic mass is 32.2. The molecule has 1 N–H and O–H groups in total. The molecule has 0 aromatic heterocycles. The molecule has 2 aromatic rings. The van der Waals surface area contributed by atoms with Gasteiger partial charge in [0, 0.05) is 12.2 Å². The third kappa shape index (κ3) is 2.38. The van der Waals surface area contributed by atoms with Crippen LogP contribution in [0.4, 0.5) is 5.69 Å². The van der Waals surface area contributed by atoms with Gasteiger partial charge in [-0.05, 0) is 24.3 Å². The van der Waals surface area contributed by atoms with Crippen molar-refractivity contribution in [2.75, 3.05) is 18.0 Å². The lowest BCUT2D eigenvalue weighted by Gasteiger charge is -2.21. The Labute approximate surface area is 124 Å². The molecule has 0 aliphatic carbocycles. The van der Waals surface area contributed by atoms with Crippen molar-refractivity contribution in [3.8, 4) is 0 Å². The van der Waals surface area contributed by atoms with E-state index in [0.29, 0.717) is 6.54 Å². The van der Waals surface area contributed by atoms with Crippen molar-refractivity contribution >= 4 is 21.7 Å². The predicted octanol–water partition coefficient (Wildman–Crippen LogP) is 2.13. The van der Waals surface area contributed by atoms with Crippen molar-refractivity contribution in [1.29, 1.82) is 5.41 Å². The SMILES string of the molecule is N=C1N(c2ccccc2)CCN1S(=O)(=O)c1ccccc1. The number of sulfonamides is 1. The summed E-state index contributed by atoms with van der Waals surface area (Å²) in [5, 5.41) is 8.18. The van der Waals surface area contributed by atoms with E-state index in [9.17, 15) is 8.42 Å². The minimum absolute atomic E-state index is 0.00921. The van der Waals surface area contributed by atoms with Gasteiger partial charge in [0.25, 0.3) is 10.0 Å². The standard InChI is InChI=1S/C15H15N3O2S/c16-15-17(13-7-3-1-4-8-13)11-12-18(15)21(19,20)14-9-5-2-6-10-14/h1-10,16H,11-12H2. The Balaban J connectivity index is 1.91. The maximum atomic E-state index is 12.6. The second kappa shape index (κ2) is 5.21. The number of benzene rings is 2. The highest BCUT2D eigenvalue weighted by Crippen LogP contribution is 2.24. The van der Waals surface area contributed by atoms with Gasteiger partial charge < -0.3 is 4.90 Å². The molecule has 0 unspecified atom stereocenters. The zero-order valence-electron chi connectivity index (χ0n) is 11.3. The first kappa shape index (κ1) is 13.6. The fourth-order valence-corrected chi connectivity index (χ4v) is 3.75. The molecule has 0 amide bonds. The van der Waals surface area contributed by atoms with E-state index in [1.54, 1.807) is 35.2 Å². The summed E-state index contributed by atoms with van der Waals surface area (Å²) in [6.45, 7) is 0.764. The zero-order chi connectivity index (χ0) is 14.9. The third-order valence-corrected chi connectivity index (χ3v) is 5.22. The first-order valence-electron chi connectivity index (χ1n) is 6.59. The van der Waals surface area contributed by atoms with Crippen LogP contribution in [0.5, 0.6) is 0 Å². The van der Waals surface area contributed by atoms with Gasteiger partial charge in [-0.1, -0.05) is 36.4 Å². The molecule has 1 aliphatic heterocycles. The summed E-state index contributed by atoms with van der Waals surface area (Å²) >= 11 is 0. The van der Waals surface area contributed by atoms with Gasteiger partial charge in [-0.2, -0.15) is 0 Å². The van der Waals surface area contributed by atoms with E-state index in [1.165, 1.54) is 0 Å². The molecular formula is C15H15N3O2S. The van der Waals surface area contributed by atoms with E-state index in [4.69, 9.17) is 5.41 Å². The summed E-state index contributed by atoms with van der Waals surface area (Å²) in [6.07, 6.45) is 0. The first-order chi connectivity index (χ1) is 10.1. The van der Waals surface area contributed by atoms with Crippen LogP contribution in [0.3, 0.4) is 0 Å². The molecule has 0 atom stereocenters. The topological polar surface area (TPSA) is 64.5 Å². The lowest BCUT2D eigenvalue weighted by atomic mass is 10.3. The average Bonchev–Trinajstić information content (AvgIpc) is 2.91. The summed E-state index contributed by atoms with van der Waals surface area (Å²) in [5.41, 5.74) is 0.827. The Kier molecular flexibility index (Phi) is 3.39. The summed E-state index contributed by atoms with van der Waals surface area (Å²) in [7, 11) is -3.66. The van der Waals surface area contributed by atoms with Crippen LogP contribution in [0.15, 0.2) is 65.6 Å². The van der Waals surface area contributed by atoms with E-state index in [0.717, 1.165) is 9.99 Å². The Morgan fingerprint density at radius 1 is 0.857 bits per heavy atom. The van der Waals surface area contributed by atoms with Crippen LogP contribution >= 0.6 is 0 Å². The molecule has 5 nitrogen and oxygen atoms in total. The molecule has 3 rings (SSSR count). The van der Waals surface area contributed by atoms with Gasteiger partial charge in [-0.3, -0.25) is 5.41 Å². The quantitative estimate of drug-likeness (QED) is 0.944. The maximum absolute atomic E-state index is 12.6. The van der Waals surface area contributed by atoms with Gasteiger partial charge >= 0.3 is 0 Å². The number of nitrogens with one attached hydrogen (secondary N) is 1. The van der Waals surface area contributed by atoms with Crippen LogP contribution in [0.1, 0.15) is 0 Å². The monoisotopic (exact) mass is 301 g/mol. The lowest BCUT2D eigenvalue weighted by Crippen LogP contribution is -2.36. The third-order valence-electron chi connectivity index (χ3n) is 3.42. The normalized spacial score (nSPS) is 15.5. The lowest BCUT2D eigenvalue weighted by molar-refractivity contribution is 0.539. The van der Waals surface area contributed by atoms with Gasteiger partial charge in [0.1, 0.15) is 0 Å². The smallest absolute Gasteiger partial charge is 0.266 e. The molecular weight excluding hydrogens is 286 g/mol. The molecule has 0 radical (unpaired) electrons. The van der Waals surface area contributed by atoms with Gasteiger partial charge in [0.2, 0.25) is 5.96 Å². The molecule has 108 valence electrons. The van der Waals surface area contributed by atoms with Crippen LogP contribution in [0, 0.1) is 5.41 Å². The van der Waals surface area contributed by atoms with Crippen molar-refractivity contribution in [2.45, 2.75) is 4.90 Å². The van der Waals surface area contributed by atoms with Crippen molar-refractivity contribution < 1.29 is 8.42 Å². The maximum Gasteiger partial charge on any atom is 0.266 e. The van der Waals surface area contributed by atoms with Gasteiger partial charge in [0.05, 0.1) is 11.4 Å². The molecule has 6 heteroatoms. The van der Waals surface area contributed by atoms with E-state index in [-0.39, 0.29) is 17.4 Å². The van der Waals surface area contributed by atoms with Crippen LogP contribution < -0.4 is 4.90 Å². The first-order valence-corrected chi connectivity index (χ1v) is 8.03. The van der Waals surface area contributed by atoms with Gasteiger partial charge in [0.15, 0.2) is 0 Å². The minimum Gasteiger partial charge on any atom is -0.310 e. The Bertz CT molecular complexity index is 745. The molecule has 21 heavy (non-hydrogen) atoms. The van der Waals surface area contributed by atoms with Gasteiger partial charge in [-0.25, -0.2) is 12.7 Å². The number of rotatable bonds is 3. The predicted molar refractivity (Wildman–Crippen MR) is 81.8 cm³/mol. The second-order valence-electron chi connectivity index (χ2n) is 4.70. The Hall–Kier alpha value is -2.34. The highest BCUT2D eigenvalue weighted by molar-refractivity contribution is 7.89. The number of nitrogens with zero attached hydrogens (tertiary/aromatic N) is 2. The summed E-state index contributed by atoms with van der Waals surface area (Å²) in [5.74, 6) is -0.00921. The van der Waals surface area contributed by atoms with E-state index < -0.39 is 10.0 Å². The average molecular weight is 301 g/mol. The summed E-state index contributed by atoms with van der Waals surface area (Å²) < 4.78 is 26.3. The van der Waals surface area contributed by atoms with E-state index in [2.05, 4.69) is 0 Å². The second-order valence-corrected chi connectivity index (χ2v) is 6.56. The van der Waals surface area contributed by atoms with Crippen molar-refractivity contribution in [1.82, 2.24) is 4.31 Å². The molecule has 0 spiro atoms. The summed E-state index contributed by atoms with van der Waals surface area (Å²) in [4.78, 5) is 1.91. The highest BCUT2D eigenvalue weighted by Gasteiger charge is 2.35. The van der Waals surface area contributed by atoms with Gasteiger partial charge in [-0.15, -0.1) is 0 Å². The molecule has 2 aromatic carbocycles. The number of guanidine groups is 1. The number of hydrogen-bond acceptors (Lipinski definition) is 3. The Morgan fingerprint density at radius 3 is 2.05 bits per heavy atom. The Morgan fingerprint density at radius 2 is 1.43 bits per heavy atom. The fraction of sp³-hybridized carbons (Fsp3) is 0.133. The largest absolute Gasteiger partial charge is 0.310 e. The number of anilines is 1. The van der Waals surface area contributed by atoms with E-state index in [1.807, 2.05) is 30.3 Å². The van der Waals surface area contributed by atoms with Crippen LogP contribution in [-0.2, 0) is 10.0 Å². The molecule has 1 fully saturated rings. The molecule has 1 heterocycles. The molecule has 1 saturated heterocycles. The summed E-state index contributed by atoms with van der Waals surface area (Å²) in [6, 6.07) is 17.6. The molecule has 0 bridgehead atoms. The fourth-order valence-electron chi connectivity index (χ4n) is 2.35. The van der Waals surface area contributed by atoms with E-state index >= 15 is 0 Å². The number of para-hydroxylation sites is 1. The molecule has 1 aliphatic rings.